The van der Waals surface area contributed by atoms with Crippen LogP contribution in [0.25, 0.3) is 11.0 Å². The molecule has 1 unspecified atom stereocenters. The summed E-state index contributed by atoms with van der Waals surface area (Å²) in [5.74, 6) is -0.252. The fourth-order valence-electron chi connectivity index (χ4n) is 2.63. The largest absolute Gasteiger partial charge is 0.384 e. The molecule has 0 bridgehead atoms. The Morgan fingerprint density at radius 3 is 2.36 bits per heavy atom. The first kappa shape index (κ1) is 17.0. The fraction of sp³-hybridized carbons (Fsp3) is 0.250. The Kier molecular flexibility index (Phi) is 4.51. The maximum absolute atomic E-state index is 12.4. The first-order valence-corrected chi connectivity index (χ1v) is 8.18. The number of aromatic nitrogens is 2. The summed E-state index contributed by atoms with van der Waals surface area (Å²) in [7, 11) is 0. The monoisotopic (exact) mass is 335 g/mol. The smallest absolute Gasteiger partial charge is 0.251 e. The van der Waals surface area contributed by atoms with E-state index in [4.69, 9.17) is 0 Å². The number of benzene rings is 2. The molecule has 0 saturated heterocycles. The lowest BCUT2D eigenvalue weighted by molar-refractivity contribution is 0.0526. The van der Waals surface area contributed by atoms with Gasteiger partial charge in [0.15, 0.2) is 0 Å². The molecule has 1 amide bonds. The van der Waals surface area contributed by atoms with Crippen molar-refractivity contribution in [1.29, 1.82) is 0 Å². The number of aliphatic hydroxyl groups is 1. The molecule has 0 saturated carbocycles. The molecule has 128 valence electrons. The molecule has 1 aromatic heterocycles. The molecule has 1 atom stereocenters. The van der Waals surface area contributed by atoms with Crippen LogP contribution in [-0.4, -0.2) is 27.5 Å². The number of hydrogen-bond acceptors (Lipinski definition) is 4. The summed E-state index contributed by atoms with van der Waals surface area (Å²) in [5, 5.41) is 13.4. The average Bonchev–Trinajstić information content (AvgIpc) is 2.61. The number of fused-ring (bicyclic) bond motifs is 1. The maximum Gasteiger partial charge on any atom is 0.251 e. The molecule has 2 N–H and O–H groups in total. The minimum absolute atomic E-state index is 0.118. The van der Waals surface area contributed by atoms with Gasteiger partial charge in [-0.2, -0.15) is 0 Å². The second-order valence-electron chi connectivity index (χ2n) is 6.42. The second-order valence-corrected chi connectivity index (χ2v) is 6.42. The summed E-state index contributed by atoms with van der Waals surface area (Å²) >= 11 is 0. The standard InChI is InChI=1S/C20H21N3O2/c1-13-14(2)23-18-11-15(9-10-17(18)22-13)19(24)21-12-20(3,25)16-7-5-4-6-8-16/h4-11,25H,12H2,1-3H3,(H,21,24). The predicted molar refractivity (Wildman–Crippen MR) is 97.4 cm³/mol. The van der Waals surface area contributed by atoms with E-state index in [1.807, 2.05) is 44.2 Å². The first-order valence-electron chi connectivity index (χ1n) is 8.18. The lowest BCUT2D eigenvalue weighted by atomic mass is 9.96. The molecular weight excluding hydrogens is 314 g/mol. The lowest BCUT2D eigenvalue weighted by Gasteiger charge is -2.24. The third-order valence-corrected chi connectivity index (χ3v) is 4.33. The maximum atomic E-state index is 12.4. The van der Waals surface area contributed by atoms with E-state index in [0.717, 1.165) is 22.5 Å². The van der Waals surface area contributed by atoms with Gasteiger partial charge in [-0.25, -0.2) is 9.97 Å². The topological polar surface area (TPSA) is 75.1 Å². The number of nitrogens with zero attached hydrogens (tertiary/aromatic N) is 2. The number of nitrogens with one attached hydrogen (secondary N) is 1. The zero-order valence-corrected chi connectivity index (χ0v) is 14.6. The number of carbonyl (C=O) groups is 1. The minimum atomic E-state index is -1.14. The van der Waals surface area contributed by atoms with E-state index < -0.39 is 5.60 Å². The van der Waals surface area contributed by atoms with Crippen molar-refractivity contribution >= 4 is 16.9 Å². The normalized spacial score (nSPS) is 13.4. The van der Waals surface area contributed by atoms with Crippen molar-refractivity contribution in [3.8, 4) is 0 Å². The molecule has 1 heterocycles. The van der Waals surface area contributed by atoms with Crippen LogP contribution in [0.5, 0.6) is 0 Å². The molecule has 3 aromatic rings. The number of hydrogen-bond donors (Lipinski definition) is 2. The average molecular weight is 335 g/mol. The number of rotatable bonds is 4. The highest BCUT2D eigenvalue weighted by molar-refractivity contribution is 5.97. The van der Waals surface area contributed by atoms with Crippen LogP contribution in [0.4, 0.5) is 0 Å². The van der Waals surface area contributed by atoms with Crippen LogP contribution in [0.1, 0.15) is 34.2 Å². The molecule has 25 heavy (non-hydrogen) atoms. The van der Waals surface area contributed by atoms with Gasteiger partial charge in [-0.3, -0.25) is 4.79 Å². The minimum Gasteiger partial charge on any atom is -0.384 e. The molecule has 0 aliphatic heterocycles. The Labute approximate surface area is 146 Å². The van der Waals surface area contributed by atoms with Crippen molar-refractivity contribution in [2.45, 2.75) is 26.4 Å². The van der Waals surface area contributed by atoms with Crippen LogP contribution < -0.4 is 5.32 Å². The first-order chi connectivity index (χ1) is 11.9. The molecule has 0 fully saturated rings. The van der Waals surface area contributed by atoms with Crippen LogP contribution in [-0.2, 0) is 5.60 Å². The summed E-state index contributed by atoms with van der Waals surface area (Å²) in [4.78, 5) is 21.4. The van der Waals surface area contributed by atoms with Crippen LogP contribution in [0, 0.1) is 13.8 Å². The fourth-order valence-corrected chi connectivity index (χ4v) is 2.63. The van der Waals surface area contributed by atoms with Gasteiger partial charge in [0.1, 0.15) is 5.60 Å². The predicted octanol–water partition coefficient (Wildman–Crippen LogP) is 2.88. The lowest BCUT2D eigenvalue weighted by Crippen LogP contribution is -2.38. The summed E-state index contributed by atoms with van der Waals surface area (Å²) in [6, 6.07) is 14.5. The Morgan fingerprint density at radius 2 is 1.68 bits per heavy atom. The van der Waals surface area contributed by atoms with Crippen molar-refractivity contribution in [3.05, 3.63) is 71.0 Å². The Bertz CT molecular complexity index is 921. The quantitative estimate of drug-likeness (QED) is 0.769. The van der Waals surface area contributed by atoms with E-state index in [-0.39, 0.29) is 12.5 Å². The summed E-state index contributed by atoms with van der Waals surface area (Å²) in [6.45, 7) is 5.60. The molecule has 0 radical (unpaired) electrons. The van der Waals surface area contributed by atoms with Gasteiger partial charge >= 0.3 is 0 Å². The molecule has 5 nitrogen and oxygen atoms in total. The van der Waals surface area contributed by atoms with Gasteiger partial charge in [-0.1, -0.05) is 30.3 Å². The van der Waals surface area contributed by atoms with Gasteiger partial charge in [-0.15, -0.1) is 0 Å². The third kappa shape index (κ3) is 3.67. The molecule has 3 rings (SSSR count). The van der Waals surface area contributed by atoms with Gasteiger partial charge in [0.2, 0.25) is 0 Å². The molecule has 0 spiro atoms. The van der Waals surface area contributed by atoms with E-state index in [2.05, 4.69) is 15.3 Å². The third-order valence-electron chi connectivity index (χ3n) is 4.33. The van der Waals surface area contributed by atoms with Crippen LogP contribution in [0.15, 0.2) is 48.5 Å². The van der Waals surface area contributed by atoms with Gasteiger partial charge in [-0.05, 0) is 44.5 Å². The summed E-state index contributed by atoms with van der Waals surface area (Å²) in [5.41, 5.74) is 3.28. The van der Waals surface area contributed by atoms with Crippen molar-refractivity contribution in [3.63, 3.8) is 0 Å². The van der Waals surface area contributed by atoms with Crippen LogP contribution in [0.2, 0.25) is 0 Å². The van der Waals surface area contributed by atoms with Gasteiger partial charge in [0, 0.05) is 5.56 Å². The Balaban J connectivity index is 1.77. The van der Waals surface area contributed by atoms with E-state index in [9.17, 15) is 9.90 Å². The van der Waals surface area contributed by atoms with Crippen molar-refractivity contribution in [2.75, 3.05) is 6.54 Å². The molecule has 2 aromatic carbocycles. The van der Waals surface area contributed by atoms with E-state index in [0.29, 0.717) is 11.1 Å². The van der Waals surface area contributed by atoms with Gasteiger partial charge in [0.05, 0.1) is 29.0 Å². The Hall–Kier alpha value is -2.79. The van der Waals surface area contributed by atoms with Gasteiger partial charge < -0.3 is 10.4 Å². The SMILES string of the molecule is Cc1nc2ccc(C(=O)NCC(C)(O)c3ccccc3)cc2nc1C. The van der Waals surface area contributed by atoms with Crippen LogP contribution in [0.3, 0.4) is 0 Å². The zero-order valence-electron chi connectivity index (χ0n) is 14.6. The van der Waals surface area contributed by atoms with E-state index in [1.165, 1.54) is 0 Å². The van der Waals surface area contributed by atoms with Crippen LogP contribution >= 0.6 is 0 Å². The van der Waals surface area contributed by atoms with Crippen molar-refractivity contribution in [2.24, 2.45) is 0 Å². The highest BCUT2D eigenvalue weighted by Crippen LogP contribution is 2.19. The highest BCUT2D eigenvalue weighted by atomic mass is 16.3. The molecular formula is C20H21N3O2. The number of amides is 1. The molecule has 0 aliphatic carbocycles. The van der Waals surface area contributed by atoms with E-state index >= 15 is 0 Å². The zero-order chi connectivity index (χ0) is 18.0. The summed E-state index contributed by atoms with van der Waals surface area (Å²) < 4.78 is 0. The number of aryl methyl sites for hydroxylation is 2. The second kappa shape index (κ2) is 6.61. The summed E-state index contributed by atoms with van der Waals surface area (Å²) in [6.07, 6.45) is 0. The molecule has 5 heteroatoms. The van der Waals surface area contributed by atoms with Crippen molar-refractivity contribution in [1.82, 2.24) is 15.3 Å². The highest BCUT2D eigenvalue weighted by Gasteiger charge is 2.23. The Morgan fingerprint density at radius 1 is 1.04 bits per heavy atom. The molecule has 0 aliphatic rings. The number of carbonyl (C=O) groups excluding carboxylic acids is 1. The van der Waals surface area contributed by atoms with Crippen molar-refractivity contribution < 1.29 is 9.90 Å². The van der Waals surface area contributed by atoms with Gasteiger partial charge in [0.25, 0.3) is 5.91 Å². The van der Waals surface area contributed by atoms with E-state index in [1.54, 1.807) is 25.1 Å².